The van der Waals surface area contributed by atoms with Crippen LogP contribution in [0.15, 0.2) is 12.2 Å². The van der Waals surface area contributed by atoms with Gasteiger partial charge in [0, 0.05) is 17.7 Å². The van der Waals surface area contributed by atoms with Crippen LogP contribution >= 0.6 is 35.6 Å². The van der Waals surface area contributed by atoms with Gasteiger partial charge in [-0.2, -0.15) is 0 Å². The number of carbonyl (C=O) groups excluding carboxylic acids is 1. The Labute approximate surface area is 129 Å². The summed E-state index contributed by atoms with van der Waals surface area (Å²) in [6.07, 6.45) is 2.82. The molecule has 0 aromatic heterocycles. The first-order chi connectivity index (χ1) is 8.97. The maximum absolute atomic E-state index is 12.0. The molecule has 1 aliphatic rings. The number of allylic oxidation sites excluding steroid dienone is 1. The third-order valence-corrected chi connectivity index (χ3v) is 4.83. The summed E-state index contributed by atoms with van der Waals surface area (Å²) in [4.78, 5) is 13.9. The normalized spacial score (nSPS) is 21.6. The highest BCUT2D eigenvalue weighted by Gasteiger charge is 2.33. The number of hydrogen-bond acceptors (Lipinski definition) is 4. The van der Waals surface area contributed by atoms with E-state index in [2.05, 4.69) is 13.8 Å². The quantitative estimate of drug-likeness (QED) is 0.443. The molecule has 0 radical (unpaired) electrons. The van der Waals surface area contributed by atoms with Gasteiger partial charge in [-0.1, -0.05) is 50.0 Å². The summed E-state index contributed by atoms with van der Waals surface area (Å²) in [5, 5.41) is 9.76. The molecule has 1 fully saturated rings. The first-order valence-electron chi connectivity index (χ1n) is 6.34. The molecule has 0 aromatic rings. The molecule has 1 N–H and O–H groups in total. The molecule has 0 saturated carbocycles. The van der Waals surface area contributed by atoms with E-state index in [4.69, 9.17) is 23.8 Å². The molecule has 6 heteroatoms. The average Bonchev–Trinajstić information content (AvgIpc) is 2.71. The number of Topliss-reactive ketones (excluding diaryl/α,β-unsaturated/α-hetero) is 1. The zero-order chi connectivity index (χ0) is 14.4. The second-order valence-corrected chi connectivity index (χ2v) is 6.86. The molecule has 0 bridgehead atoms. The van der Waals surface area contributed by atoms with Gasteiger partial charge in [-0.3, -0.25) is 4.79 Å². The van der Waals surface area contributed by atoms with E-state index in [0.29, 0.717) is 18.2 Å². The van der Waals surface area contributed by atoms with Crippen molar-refractivity contribution in [1.29, 1.82) is 0 Å². The third-order valence-electron chi connectivity index (χ3n) is 3.03. The predicted molar refractivity (Wildman–Crippen MR) is 85.9 cm³/mol. The largest absolute Gasteiger partial charge is 0.381 e. The number of alkyl halides is 1. The highest BCUT2D eigenvalue weighted by atomic mass is 35.5. The van der Waals surface area contributed by atoms with Crippen molar-refractivity contribution < 1.29 is 9.90 Å². The van der Waals surface area contributed by atoms with Crippen molar-refractivity contribution in [2.45, 2.75) is 32.4 Å². The number of halogens is 1. The number of thiocarbonyl (C=S) groups is 1. The van der Waals surface area contributed by atoms with E-state index in [-0.39, 0.29) is 18.4 Å². The molecule has 3 nitrogen and oxygen atoms in total. The predicted octanol–water partition coefficient (Wildman–Crippen LogP) is 2.46. The van der Waals surface area contributed by atoms with E-state index in [1.165, 1.54) is 6.08 Å². The van der Waals surface area contributed by atoms with Gasteiger partial charge < -0.3 is 10.0 Å². The van der Waals surface area contributed by atoms with E-state index < -0.39 is 6.10 Å². The molecule has 1 aliphatic heterocycles. The average molecular weight is 322 g/mol. The lowest BCUT2D eigenvalue weighted by Gasteiger charge is -2.28. The molecule has 0 amide bonds. The Morgan fingerprint density at radius 3 is 2.95 bits per heavy atom. The Bertz CT molecular complexity index is 361. The number of carbonyl (C=O) groups is 1. The van der Waals surface area contributed by atoms with E-state index in [0.717, 1.165) is 10.1 Å². The second kappa shape index (κ2) is 8.25. The molecule has 1 heterocycles. The topological polar surface area (TPSA) is 40.5 Å². The molecule has 19 heavy (non-hydrogen) atoms. The lowest BCUT2D eigenvalue weighted by atomic mass is 10.0. The second-order valence-electron chi connectivity index (χ2n) is 4.83. The van der Waals surface area contributed by atoms with E-state index in [1.807, 2.05) is 4.90 Å². The summed E-state index contributed by atoms with van der Waals surface area (Å²) < 4.78 is 0.754. The minimum atomic E-state index is -1.07. The van der Waals surface area contributed by atoms with Gasteiger partial charge in [0.15, 0.2) is 5.78 Å². The van der Waals surface area contributed by atoms with Crippen molar-refractivity contribution in [1.82, 2.24) is 4.90 Å². The number of ketones is 1. The molecule has 108 valence electrons. The van der Waals surface area contributed by atoms with Crippen molar-refractivity contribution in [3.8, 4) is 0 Å². The number of thioether (sulfide) groups is 1. The van der Waals surface area contributed by atoms with Crippen LogP contribution in [0.2, 0.25) is 0 Å². The standard InChI is InChI=1S/C13H20ClNO2S2/c1-9(2)10-8-19-13(18)15(10)7-12(17)11(16)5-3-4-6-14/h3,5,9-11,16H,4,6-8H2,1-2H3/b5-3+/t10-,11-/m0/s1. The van der Waals surface area contributed by atoms with Crippen LogP contribution in [0.1, 0.15) is 20.3 Å². The van der Waals surface area contributed by atoms with E-state index in [9.17, 15) is 9.90 Å². The van der Waals surface area contributed by atoms with Crippen LogP contribution in [0.3, 0.4) is 0 Å². The Morgan fingerprint density at radius 1 is 1.68 bits per heavy atom. The van der Waals surface area contributed by atoms with E-state index in [1.54, 1.807) is 17.8 Å². The van der Waals surface area contributed by atoms with Gasteiger partial charge in [0.05, 0.1) is 6.54 Å². The number of nitrogens with zero attached hydrogens (tertiary/aromatic N) is 1. The maximum Gasteiger partial charge on any atom is 0.184 e. The molecule has 0 aliphatic carbocycles. The summed E-state index contributed by atoms with van der Waals surface area (Å²) in [6, 6.07) is 0.278. The van der Waals surface area contributed by atoms with Gasteiger partial charge in [-0.25, -0.2) is 0 Å². The van der Waals surface area contributed by atoms with Crippen molar-refractivity contribution >= 4 is 45.7 Å². The van der Waals surface area contributed by atoms with Crippen molar-refractivity contribution in [2.75, 3.05) is 18.2 Å². The molecule has 2 atom stereocenters. The van der Waals surface area contributed by atoms with Gasteiger partial charge in [0.25, 0.3) is 0 Å². The molecular formula is C13H20ClNO2S2. The fraction of sp³-hybridized carbons (Fsp3) is 0.692. The summed E-state index contributed by atoms with van der Waals surface area (Å²) in [5.74, 6) is 1.62. The Kier molecular flexibility index (Phi) is 7.36. The molecular weight excluding hydrogens is 302 g/mol. The monoisotopic (exact) mass is 321 g/mol. The lowest BCUT2D eigenvalue weighted by Crippen LogP contribution is -2.42. The zero-order valence-electron chi connectivity index (χ0n) is 11.2. The molecule has 1 saturated heterocycles. The fourth-order valence-electron chi connectivity index (χ4n) is 1.86. The van der Waals surface area contributed by atoms with Crippen LogP contribution in [-0.2, 0) is 4.79 Å². The van der Waals surface area contributed by atoms with Crippen LogP contribution in [0.5, 0.6) is 0 Å². The van der Waals surface area contributed by atoms with Gasteiger partial charge in [0.1, 0.15) is 10.4 Å². The number of aliphatic hydroxyl groups excluding tert-OH is 1. The SMILES string of the molecule is CC(C)[C@@H]1CSC(=S)N1CC(=O)[C@@H](O)/C=C/CCCl. The minimum Gasteiger partial charge on any atom is -0.381 e. The van der Waals surface area contributed by atoms with Crippen molar-refractivity contribution in [3.63, 3.8) is 0 Å². The summed E-state index contributed by atoms with van der Waals surface area (Å²) in [5.41, 5.74) is 0. The van der Waals surface area contributed by atoms with E-state index >= 15 is 0 Å². The molecule has 0 spiro atoms. The first-order valence-corrected chi connectivity index (χ1v) is 8.27. The van der Waals surface area contributed by atoms with Crippen molar-refractivity contribution in [3.05, 3.63) is 12.2 Å². The summed E-state index contributed by atoms with van der Waals surface area (Å²) >= 11 is 12.4. The minimum absolute atomic E-state index is 0.182. The molecule has 0 aromatic carbocycles. The Balaban J connectivity index is 2.57. The van der Waals surface area contributed by atoms with Crippen LogP contribution in [0, 0.1) is 5.92 Å². The zero-order valence-corrected chi connectivity index (χ0v) is 13.6. The van der Waals surface area contributed by atoms with Gasteiger partial charge in [-0.15, -0.1) is 11.6 Å². The number of rotatable bonds is 7. The van der Waals surface area contributed by atoms with Gasteiger partial charge >= 0.3 is 0 Å². The summed E-state index contributed by atoms with van der Waals surface area (Å²) in [6.45, 7) is 4.42. The third kappa shape index (κ3) is 5.06. The maximum atomic E-state index is 12.0. The fourth-order valence-corrected chi connectivity index (χ4v) is 3.63. The number of aliphatic hydroxyl groups is 1. The van der Waals surface area contributed by atoms with Gasteiger partial charge in [0.2, 0.25) is 0 Å². The lowest BCUT2D eigenvalue weighted by molar-refractivity contribution is -0.125. The van der Waals surface area contributed by atoms with Crippen LogP contribution in [0.25, 0.3) is 0 Å². The first kappa shape index (κ1) is 17.0. The van der Waals surface area contributed by atoms with Crippen LogP contribution < -0.4 is 0 Å². The van der Waals surface area contributed by atoms with Crippen molar-refractivity contribution in [2.24, 2.45) is 5.92 Å². The molecule has 0 unspecified atom stereocenters. The highest BCUT2D eigenvalue weighted by molar-refractivity contribution is 8.23. The summed E-state index contributed by atoms with van der Waals surface area (Å²) in [7, 11) is 0. The van der Waals surface area contributed by atoms with Gasteiger partial charge in [-0.05, 0) is 12.3 Å². The number of hydrogen-bond donors (Lipinski definition) is 1. The van der Waals surface area contributed by atoms with Crippen LogP contribution in [-0.4, -0.2) is 50.4 Å². The van der Waals surface area contributed by atoms with Crippen LogP contribution in [0.4, 0.5) is 0 Å². The smallest absolute Gasteiger partial charge is 0.184 e. The Morgan fingerprint density at radius 2 is 2.37 bits per heavy atom. The molecule has 1 rings (SSSR count). The highest BCUT2D eigenvalue weighted by Crippen LogP contribution is 2.28. The Hall–Kier alpha value is -0.100.